The van der Waals surface area contributed by atoms with Crippen LogP contribution in [0.4, 0.5) is 0 Å². The first-order chi connectivity index (χ1) is 16.5. The molecule has 7 heteroatoms. The zero-order valence-corrected chi connectivity index (χ0v) is 20.5. The van der Waals surface area contributed by atoms with Gasteiger partial charge < -0.3 is 24.3 Å². The van der Waals surface area contributed by atoms with Crippen LogP contribution in [0.3, 0.4) is 0 Å². The second-order valence-electron chi connectivity index (χ2n) is 10.4. The van der Waals surface area contributed by atoms with Crippen molar-refractivity contribution in [2.45, 2.75) is 88.9 Å². The normalized spacial score (nSPS) is 26.2. The molecule has 0 bridgehead atoms. The van der Waals surface area contributed by atoms with Crippen molar-refractivity contribution in [3.05, 3.63) is 30.0 Å². The SMILES string of the molecule is COc1ccc2cc3n(c2c1)C[C@](C)(C(=O)NC1CCCCCCC1)N(C[C@@H]1CCCO1)C3=O. The van der Waals surface area contributed by atoms with Gasteiger partial charge in [0.25, 0.3) is 5.91 Å². The number of methoxy groups -OCH3 is 1. The fourth-order valence-corrected chi connectivity index (χ4v) is 5.88. The third-order valence-corrected chi connectivity index (χ3v) is 7.98. The molecule has 0 spiro atoms. The van der Waals surface area contributed by atoms with E-state index >= 15 is 0 Å². The average Bonchev–Trinajstić information content (AvgIpc) is 3.46. The lowest BCUT2D eigenvalue weighted by molar-refractivity contribution is -0.134. The lowest BCUT2D eigenvalue weighted by atomic mass is 9.91. The number of hydrogen-bond acceptors (Lipinski definition) is 4. The summed E-state index contributed by atoms with van der Waals surface area (Å²) in [6.07, 6.45) is 9.96. The maximum absolute atomic E-state index is 13.9. The summed E-state index contributed by atoms with van der Waals surface area (Å²) >= 11 is 0. The number of fused-ring (bicyclic) bond motifs is 3. The van der Waals surface area contributed by atoms with Gasteiger partial charge in [0, 0.05) is 30.6 Å². The summed E-state index contributed by atoms with van der Waals surface area (Å²) < 4.78 is 13.3. The summed E-state index contributed by atoms with van der Waals surface area (Å²) in [4.78, 5) is 29.6. The van der Waals surface area contributed by atoms with Gasteiger partial charge in [0.2, 0.25) is 5.91 Å². The smallest absolute Gasteiger partial charge is 0.271 e. The number of hydrogen-bond donors (Lipinski definition) is 1. The first-order valence-corrected chi connectivity index (χ1v) is 12.9. The molecule has 2 fully saturated rings. The number of benzene rings is 1. The van der Waals surface area contributed by atoms with Crippen molar-refractivity contribution in [1.29, 1.82) is 0 Å². The molecule has 1 N–H and O–H groups in total. The van der Waals surface area contributed by atoms with Gasteiger partial charge in [-0.2, -0.15) is 0 Å². The van der Waals surface area contributed by atoms with Crippen molar-refractivity contribution in [3.63, 3.8) is 0 Å². The van der Waals surface area contributed by atoms with Crippen LogP contribution in [0, 0.1) is 0 Å². The molecule has 7 nitrogen and oxygen atoms in total. The van der Waals surface area contributed by atoms with Crippen molar-refractivity contribution in [2.75, 3.05) is 20.3 Å². The Balaban J connectivity index is 1.49. The van der Waals surface area contributed by atoms with Crippen molar-refractivity contribution < 1.29 is 19.1 Å². The predicted molar refractivity (Wildman–Crippen MR) is 131 cm³/mol. The minimum atomic E-state index is -0.993. The minimum absolute atomic E-state index is 0.0199. The second kappa shape index (κ2) is 9.61. The Morgan fingerprint density at radius 2 is 1.88 bits per heavy atom. The van der Waals surface area contributed by atoms with Crippen LogP contribution in [0.2, 0.25) is 0 Å². The molecular formula is C27H37N3O4. The van der Waals surface area contributed by atoms with Crippen molar-refractivity contribution in [3.8, 4) is 5.75 Å². The topological polar surface area (TPSA) is 72.8 Å². The van der Waals surface area contributed by atoms with Gasteiger partial charge in [-0.25, -0.2) is 0 Å². The molecule has 34 heavy (non-hydrogen) atoms. The summed E-state index contributed by atoms with van der Waals surface area (Å²) in [6.45, 7) is 3.50. The highest BCUT2D eigenvalue weighted by Gasteiger charge is 2.49. The summed E-state index contributed by atoms with van der Waals surface area (Å²) in [5.74, 6) is 0.579. The summed E-state index contributed by atoms with van der Waals surface area (Å²) in [5.41, 5.74) is 0.551. The summed E-state index contributed by atoms with van der Waals surface area (Å²) in [5, 5.41) is 4.33. The van der Waals surface area contributed by atoms with E-state index in [0.717, 1.165) is 61.8 Å². The zero-order chi connectivity index (χ0) is 23.7. The van der Waals surface area contributed by atoms with Gasteiger partial charge in [0.1, 0.15) is 17.0 Å². The van der Waals surface area contributed by atoms with Gasteiger partial charge in [0.05, 0.1) is 25.3 Å². The van der Waals surface area contributed by atoms with E-state index in [4.69, 9.17) is 9.47 Å². The van der Waals surface area contributed by atoms with E-state index in [0.29, 0.717) is 18.8 Å². The van der Waals surface area contributed by atoms with Crippen LogP contribution in [0.25, 0.3) is 10.9 Å². The minimum Gasteiger partial charge on any atom is -0.497 e. The highest BCUT2D eigenvalue weighted by atomic mass is 16.5. The third-order valence-electron chi connectivity index (χ3n) is 7.98. The highest BCUT2D eigenvalue weighted by molar-refractivity contribution is 6.03. The van der Waals surface area contributed by atoms with E-state index in [9.17, 15) is 9.59 Å². The van der Waals surface area contributed by atoms with E-state index in [-0.39, 0.29) is 24.0 Å². The summed E-state index contributed by atoms with van der Waals surface area (Å²) in [7, 11) is 1.64. The number of amides is 2. The number of carbonyl (C=O) groups is 2. The van der Waals surface area contributed by atoms with Crippen LogP contribution in [0.1, 0.15) is 75.2 Å². The third kappa shape index (κ3) is 4.30. The Kier molecular flexibility index (Phi) is 6.56. The number of rotatable bonds is 5. The molecule has 1 aliphatic carbocycles. The molecule has 1 aromatic heterocycles. The van der Waals surface area contributed by atoms with Gasteiger partial charge in [-0.1, -0.05) is 32.1 Å². The van der Waals surface area contributed by atoms with Gasteiger partial charge in [-0.3, -0.25) is 9.59 Å². The molecule has 184 valence electrons. The first-order valence-electron chi connectivity index (χ1n) is 12.9. The highest BCUT2D eigenvalue weighted by Crippen LogP contribution is 2.35. The number of carbonyl (C=O) groups excluding carboxylic acids is 2. The lowest BCUT2D eigenvalue weighted by Gasteiger charge is -2.45. The monoisotopic (exact) mass is 467 g/mol. The molecule has 3 aliphatic rings. The molecule has 2 amide bonds. The molecule has 0 unspecified atom stereocenters. The van der Waals surface area contributed by atoms with E-state index in [1.165, 1.54) is 19.3 Å². The average molecular weight is 468 g/mol. The fourth-order valence-electron chi connectivity index (χ4n) is 5.88. The lowest BCUT2D eigenvalue weighted by Crippen LogP contribution is -2.66. The van der Waals surface area contributed by atoms with Crippen LogP contribution in [-0.2, 0) is 16.1 Å². The Morgan fingerprint density at radius 3 is 2.59 bits per heavy atom. The zero-order valence-electron chi connectivity index (χ0n) is 20.5. The Hall–Kier alpha value is -2.54. The molecule has 2 aliphatic heterocycles. The standard InChI is InChI=1S/C27H37N3O4/c1-27(26(32)28-20-9-6-4-3-5-7-10-20)18-29-23-16-21(33-2)13-12-19(23)15-24(29)25(31)30(27)17-22-11-8-14-34-22/h12-13,15-16,20,22H,3-11,14,17-18H2,1-2H3,(H,28,32)/t22-,27+/m0/s1. The molecule has 3 heterocycles. The Bertz CT molecular complexity index is 1050. The number of ether oxygens (including phenoxy) is 2. The van der Waals surface area contributed by atoms with Crippen LogP contribution < -0.4 is 10.1 Å². The van der Waals surface area contributed by atoms with Crippen LogP contribution in [0.5, 0.6) is 5.75 Å². The molecular weight excluding hydrogens is 430 g/mol. The van der Waals surface area contributed by atoms with Crippen molar-refractivity contribution >= 4 is 22.7 Å². The van der Waals surface area contributed by atoms with Crippen LogP contribution in [0.15, 0.2) is 24.3 Å². The molecule has 5 rings (SSSR count). The van der Waals surface area contributed by atoms with E-state index in [1.807, 2.05) is 35.8 Å². The Labute approximate surface area is 201 Å². The van der Waals surface area contributed by atoms with E-state index in [2.05, 4.69) is 5.32 Å². The second-order valence-corrected chi connectivity index (χ2v) is 10.4. The van der Waals surface area contributed by atoms with Crippen LogP contribution >= 0.6 is 0 Å². The molecule has 1 aromatic carbocycles. The molecule has 2 aromatic rings. The van der Waals surface area contributed by atoms with Crippen molar-refractivity contribution in [1.82, 2.24) is 14.8 Å². The van der Waals surface area contributed by atoms with Crippen LogP contribution in [-0.4, -0.2) is 59.2 Å². The summed E-state index contributed by atoms with van der Waals surface area (Å²) in [6, 6.07) is 7.94. The van der Waals surface area contributed by atoms with E-state index in [1.54, 1.807) is 12.0 Å². The van der Waals surface area contributed by atoms with Gasteiger partial charge >= 0.3 is 0 Å². The van der Waals surface area contributed by atoms with Gasteiger partial charge in [0.15, 0.2) is 0 Å². The number of nitrogens with one attached hydrogen (secondary N) is 1. The molecule has 0 radical (unpaired) electrons. The fraction of sp³-hybridized carbons (Fsp3) is 0.630. The quantitative estimate of drug-likeness (QED) is 0.713. The van der Waals surface area contributed by atoms with Crippen molar-refractivity contribution in [2.24, 2.45) is 0 Å². The number of nitrogens with zero attached hydrogens (tertiary/aromatic N) is 2. The van der Waals surface area contributed by atoms with Gasteiger partial charge in [-0.15, -0.1) is 0 Å². The Morgan fingerprint density at radius 1 is 1.12 bits per heavy atom. The first kappa shape index (κ1) is 23.2. The maximum atomic E-state index is 13.9. The predicted octanol–water partition coefficient (Wildman–Crippen LogP) is 4.27. The molecule has 1 saturated carbocycles. The van der Waals surface area contributed by atoms with E-state index < -0.39 is 5.54 Å². The number of aromatic nitrogens is 1. The molecule has 1 saturated heterocycles. The largest absolute Gasteiger partial charge is 0.497 e. The molecule has 2 atom stereocenters. The maximum Gasteiger partial charge on any atom is 0.271 e. The van der Waals surface area contributed by atoms with Gasteiger partial charge in [-0.05, 0) is 50.8 Å².